The molecule has 7 nitrogen and oxygen atoms in total. The predicted octanol–water partition coefficient (Wildman–Crippen LogP) is 3.18. The fraction of sp³-hybridized carbons (Fsp3) is 0.385. The number of hydrogen-bond donors (Lipinski definition) is 3. The Kier molecular flexibility index (Phi) is 9.47. The van der Waals surface area contributed by atoms with Gasteiger partial charge in [0, 0.05) is 31.6 Å². The van der Waals surface area contributed by atoms with E-state index < -0.39 is 5.54 Å². The molecule has 1 amide bonds. The first-order valence-corrected chi connectivity index (χ1v) is 11.4. The van der Waals surface area contributed by atoms with Gasteiger partial charge >= 0.3 is 0 Å². The molecule has 33 heavy (non-hydrogen) atoms. The Labute approximate surface area is 195 Å². The minimum Gasteiger partial charge on any atom is -0.494 e. The second-order valence-electron chi connectivity index (χ2n) is 8.00. The van der Waals surface area contributed by atoms with Crippen molar-refractivity contribution in [1.29, 1.82) is 0 Å². The lowest BCUT2D eigenvalue weighted by Gasteiger charge is -2.21. The zero-order valence-electron chi connectivity index (χ0n) is 19.0. The second kappa shape index (κ2) is 12.8. The zero-order valence-corrected chi connectivity index (χ0v) is 19.0. The molecular weight excluding hydrogens is 418 g/mol. The number of aliphatic hydroxyl groups is 1. The number of nitrogens with one attached hydrogen (secondary N) is 2. The molecule has 176 valence electrons. The van der Waals surface area contributed by atoms with Crippen molar-refractivity contribution in [2.24, 2.45) is 4.99 Å². The van der Waals surface area contributed by atoms with Crippen LogP contribution in [0, 0.1) is 0 Å². The quantitative estimate of drug-likeness (QED) is 0.233. The average molecular weight is 452 g/mol. The van der Waals surface area contributed by atoms with Crippen LogP contribution >= 0.6 is 0 Å². The normalized spacial score (nSPS) is 17.2. The fourth-order valence-corrected chi connectivity index (χ4v) is 3.54. The van der Waals surface area contributed by atoms with Crippen LogP contribution in [0.2, 0.25) is 0 Å². The van der Waals surface area contributed by atoms with Crippen LogP contribution in [0.25, 0.3) is 0 Å². The Morgan fingerprint density at radius 1 is 1.15 bits per heavy atom. The highest BCUT2D eigenvalue weighted by Crippen LogP contribution is 2.27. The predicted molar refractivity (Wildman–Crippen MR) is 129 cm³/mol. The number of unbranched alkanes of at least 4 members (excludes halogenated alkanes) is 1. The summed E-state index contributed by atoms with van der Waals surface area (Å²) in [6.45, 7) is 5.17. The number of amides is 1. The van der Waals surface area contributed by atoms with Crippen LogP contribution < -0.4 is 15.6 Å². The Morgan fingerprint density at radius 3 is 2.67 bits per heavy atom. The molecule has 3 N–H and O–H groups in total. The largest absolute Gasteiger partial charge is 0.494 e. The second-order valence-corrected chi connectivity index (χ2v) is 8.00. The fourth-order valence-electron chi connectivity index (χ4n) is 3.54. The van der Waals surface area contributed by atoms with Crippen LogP contribution in [0.5, 0.6) is 5.75 Å². The molecule has 1 aliphatic heterocycles. The molecule has 1 aliphatic rings. The van der Waals surface area contributed by atoms with Gasteiger partial charge in [-0.2, -0.15) is 0 Å². The van der Waals surface area contributed by atoms with Crippen LogP contribution in [-0.4, -0.2) is 48.8 Å². The smallest absolute Gasteiger partial charge is 0.266 e. The molecule has 0 saturated carbocycles. The average Bonchev–Trinajstić information content (AvgIpc) is 3.28. The Hall–Kier alpha value is -3.16. The number of aliphatic imine (C=N–C) groups is 1. The van der Waals surface area contributed by atoms with Gasteiger partial charge in [0.2, 0.25) is 5.90 Å². The summed E-state index contributed by atoms with van der Waals surface area (Å²) in [6.07, 6.45) is 5.65. The molecule has 1 atom stereocenters. The minimum atomic E-state index is -1.04. The highest BCUT2D eigenvalue weighted by molar-refractivity contribution is 6.00. The van der Waals surface area contributed by atoms with Crippen molar-refractivity contribution in [2.75, 3.05) is 26.4 Å². The number of carbonyl (C=O) groups is 1. The van der Waals surface area contributed by atoms with E-state index in [2.05, 4.69) is 34.6 Å². The summed E-state index contributed by atoms with van der Waals surface area (Å²) in [5, 5.41) is 8.85. The lowest BCUT2D eigenvalue weighted by Crippen LogP contribution is -2.51. The summed E-state index contributed by atoms with van der Waals surface area (Å²) in [4.78, 5) is 17.6. The van der Waals surface area contributed by atoms with Gasteiger partial charge < -0.3 is 14.6 Å². The highest BCUT2D eigenvalue weighted by Gasteiger charge is 2.43. The first kappa shape index (κ1) is 24.5. The Bertz CT molecular complexity index is 915. The number of aliphatic hydroxyl groups excluding tert-OH is 1. The van der Waals surface area contributed by atoms with Crippen molar-refractivity contribution < 1.29 is 19.4 Å². The number of carbonyl (C=O) groups excluding carboxylic acids is 1. The van der Waals surface area contributed by atoms with Gasteiger partial charge in [-0.3, -0.25) is 10.2 Å². The molecule has 2 aromatic carbocycles. The van der Waals surface area contributed by atoms with E-state index in [-0.39, 0.29) is 19.1 Å². The molecule has 0 saturated heterocycles. The van der Waals surface area contributed by atoms with Gasteiger partial charge in [0.05, 0.1) is 6.61 Å². The first-order valence-electron chi connectivity index (χ1n) is 11.4. The first-order chi connectivity index (χ1) is 16.2. The third-order valence-electron chi connectivity index (χ3n) is 5.40. The van der Waals surface area contributed by atoms with E-state index in [4.69, 9.17) is 14.6 Å². The van der Waals surface area contributed by atoms with Gasteiger partial charge in [0.25, 0.3) is 5.91 Å². The molecule has 3 rings (SSSR count). The van der Waals surface area contributed by atoms with Crippen molar-refractivity contribution in [2.45, 2.75) is 37.6 Å². The monoisotopic (exact) mass is 451 g/mol. The van der Waals surface area contributed by atoms with Crippen LogP contribution in [0.1, 0.15) is 36.8 Å². The Morgan fingerprint density at radius 2 is 1.94 bits per heavy atom. The van der Waals surface area contributed by atoms with E-state index in [0.29, 0.717) is 37.6 Å². The molecule has 1 heterocycles. The molecule has 2 aromatic rings. The maximum absolute atomic E-state index is 12.9. The lowest BCUT2D eigenvalue weighted by molar-refractivity contribution is -0.127. The molecular formula is C26H33N3O4. The maximum Gasteiger partial charge on any atom is 0.266 e. The van der Waals surface area contributed by atoms with E-state index in [1.165, 1.54) is 5.56 Å². The van der Waals surface area contributed by atoms with Crippen molar-refractivity contribution in [3.05, 3.63) is 78.4 Å². The zero-order chi connectivity index (χ0) is 23.4. The van der Waals surface area contributed by atoms with Crippen molar-refractivity contribution in [3.63, 3.8) is 0 Å². The number of benzene rings is 2. The van der Waals surface area contributed by atoms with Crippen LogP contribution in [0.3, 0.4) is 0 Å². The molecule has 0 spiro atoms. The van der Waals surface area contributed by atoms with E-state index in [9.17, 15) is 4.79 Å². The maximum atomic E-state index is 12.9. The lowest BCUT2D eigenvalue weighted by atomic mass is 9.97. The number of hydrazine groups is 1. The van der Waals surface area contributed by atoms with Gasteiger partial charge in [-0.15, -0.1) is 6.58 Å². The van der Waals surface area contributed by atoms with Crippen molar-refractivity contribution in [3.8, 4) is 5.75 Å². The Balaban J connectivity index is 1.50. The van der Waals surface area contributed by atoms with Gasteiger partial charge in [0.15, 0.2) is 5.54 Å². The SMILES string of the molecule is C=CC[C@@]1(C(=O)NNCCCCc2ccccc2)COC(c2ccc(OCCCO)cc2)=N1. The molecule has 7 heteroatoms. The van der Waals surface area contributed by atoms with Crippen molar-refractivity contribution >= 4 is 11.8 Å². The summed E-state index contributed by atoms with van der Waals surface area (Å²) in [6, 6.07) is 17.7. The standard InChI is InChI=1S/C26H33N3O4/c1-2-16-26(25(31)29-27-17-7-6-11-21-9-4-3-5-10-21)20-33-24(28-26)22-12-14-23(15-13-22)32-19-8-18-30/h2-5,9-10,12-15,27,30H,1,6-8,11,16-20H2,(H,29,31)/t26-/m0/s1. The summed E-state index contributed by atoms with van der Waals surface area (Å²) in [5.41, 5.74) is 6.88. The van der Waals surface area contributed by atoms with Gasteiger partial charge in [-0.1, -0.05) is 36.4 Å². The number of nitrogens with zero attached hydrogens (tertiary/aromatic N) is 1. The molecule has 0 bridgehead atoms. The molecule has 0 radical (unpaired) electrons. The number of rotatable bonds is 14. The number of aryl methyl sites for hydroxylation is 1. The van der Waals surface area contributed by atoms with Crippen LogP contribution in [-0.2, 0) is 16.0 Å². The van der Waals surface area contributed by atoms with Gasteiger partial charge in [0.1, 0.15) is 12.4 Å². The topological polar surface area (TPSA) is 92.2 Å². The summed E-state index contributed by atoms with van der Waals surface area (Å²) in [5.74, 6) is 0.901. The highest BCUT2D eigenvalue weighted by atomic mass is 16.5. The van der Waals surface area contributed by atoms with E-state index in [1.54, 1.807) is 6.08 Å². The van der Waals surface area contributed by atoms with E-state index in [1.807, 2.05) is 42.5 Å². The number of ether oxygens (including phenoxy) is 2. The summed E-state index contributed by atoms with van der Waals surface area (Å²) >= 11 is 0. The molecule has 0 unspecified atom stereocenters. The molecule has 0 fully saturated rings. The molecule has 0 aromatic heterocycles. The van der Waals surface area contributed by atoms with Gasteiger partial charge in [-0.05, 0) is 49.1 Å². The van der Waals surface area contributed by atoms with E-state index >= 15 is 0 Å². The van der Waals surface area contributed by atoms with Crippen LogP contribution in [0.15, 0.2) is 72.2 Å². The summed E-state index contributed by atoms with van der Waals surface area (Å²) in [7, 11) is 0. The van der Waals surface area contributed by atoms with Crippen molar-refractivity contribution in [1.82, 2.24) is 10.9 Å². The third-order valence-corrected chi connectivity index (χ3v) is 5.40. The minimum absolute atomic E-state index is 0.0960. The van der Waals surface area contributed by atoms with Crippen LogP contribution in [0.4, 0.5) is 0 Å². The van der Waals surface area contributed by atoms with E-state index in [0.717, 1.165) is 24.8 Å². The summed E-state index contributed by atoms with van der Waals surface area (Å²) < 4.78 is 11.4. The number of hydrogen-bond acceptors (Lipinski definition) is 6. The third kappa shape index (κ3) is 7.17. The molecule has 0 aliphatic carbocycles. The van der Waals surface area contributed by atoms with Gasteiger partial charge in [-0.25, -0.2) is 10.4 Å².